The molecule has 0 spiro atoms. The predicted octanol–water partition coefficient (Wildman–Crippen LogP) is 4.98. The van der Waals surface area contributed by atoms with E-state index in [1.54, 1.807) is 23.1 Å². The Morgan fingerprint density at radius 3 is 2.60 bits per heavy atom. The molecule has 1 aromatic carbocycles. The number of amides is 1. The van der Waals surface area contributed by atoms with E-state index in [0.717, 1.165) is 30.4 Å². The van der Waals surface area contributed by atoms with Gasteiger partial charge in [-0.15, -0.1) is 0 Å². The Kier molecular flexibility index (Phi) is 7.13. The molecule has 184 valence electrons. The van der Waals surface area contributed by atoms with Crippen molar-refractivity contribution in [2.24, 2.45) is 7.05 Å². The second kappa shape index (κ2) is 10.6. The lowest BCUT2D eigenvalue weighted by molar-refractivity contribution is 0.0272. The number of benzene rings is 1. The Balaban J connectivity index is 1.19. The Labute approximate surface area is 207 Å². The first kappa shape index (κ1) is 23.5. The number of anilines is 1. The predicted molar refractivity (Wildman–Crippen MR) is 137 cm³/mol. The molecule has 35 heavy (non-hydrogen) atoms. The average molecular weight is 474 g/mol. The first-order valence-corrected chi connectivity index (χ1v) is 12.8. The lowest BCUT2D eigenvalue weighted by atomic mass is 9.84. The molecule has 7 heteroatoms. The van der Waals surface area contributed by atoms with Crippen molar-refractivity contribution in [2.45, 2.75) is 76.0 Å². The number of rotatable bonds is 7. The number of hydrogen-bond donors (Lipinski definition) is 2. The number of hydrogen-bond acceptors (Lipinski definition) is 5. The van der Waals surface area contributed by atoms with Crippen LogP contribution in [0.1, 0.15) is 78.8 Å². The topological polar surface area (TPSA) is 95.1 Å². The number of aromatic nitrogens is 3. The van der Waals surface area contributed by atoms with Crippen LogP contribution in [0.15, 0.2) is 48.9 Å². The minimum atomic E-state index is -0.210. The largest absolute Gasteiger partial charge is 0.383 e. The number of pyridine rings is 1. The molecule has 2 heterocycles. The molecule has 1 amide bonds. The second-order valence-electron chi connectivity index (χ2n) is 10.00. The molecular weight excluding hydrogens is 438 g/mol. The number of carbonyl (C=O) groups is 1. The van der Waals surface area contributed by atoms with E-state index < -0.39 is 0 Å². The Morgan fingerprint density at radius 1 is 1.06 bits per heavy atom. The van der Waals surface area contributed by atoms with Gasteiger partial charge in [0.1, 0.15) is 5.82 Å². The summed E-state index contributed by atoms with van der Waals surface area (Å²) in [6, 6.07) is 10.7. The molecule has 3 aromatic rings. The first-order valence-electron chi connectivity index (χ1n) is 12.8. The number of nitrogen functional groups attached to an aromatic ring is 1. The fourth-order valence-corrected chi connectivity index (χ4v) is 5.45. The molecule has 0 aliphatic heterocycles. The van der Waals surface area contributed by atoms with Crippen molar-refractivity contribution in [2.75, 3.05) is 5.73 Å². The van der Waals surface area contributed by atoms with Crippen LogP contribution in [0.5, 0.6) is 0 Å². The maximum Gasteiger partial charge on any atom is 0.255 e. The smallest absolute Gasteiger partial charge is 0.255 e. The fraction of sp³-hybridized carbons (Fsp3) is 0.464. The number of nitrogens with two attached hydrogens (primary N) is 1. The van der Waals surface area contributed by atoms with E-state index in [1.807, 2.05) is 13.2 Å². The molecule has 2 aliphatic carbocycles. The third-order valence-corrected chi connectivity index (χ3v) is 7.49. The summed E-state index contributed by atoms with van der Waals surface area (Å²) >= 11 is 0. The highest BCUT2D eigenvalue weighted by Gasteiger charge is 2.30. The van der Waals surface area contributed by atoms with Crippen molar-refractivity contribution >= 4 is 11.7 Å². The molecule has 0 bridgehead atoms. The van der Waals surface area contributed by atoms with Crippen LogP contribution < -0.4 is 11.1 Å². The third kappa shape index (κ3) is 5.56. The lowest BCUT2D eigenvalue weighted by Crippen LogP contribution is -2.41. The van der Waals surface area contributed by atoms with Gasteiger partial charge in [0.15, 0.2) is 0 Å². The highest BCUT2D eigenvalue weighted by molar-refractivity contribution is 5.99. The van der Waals surface area contributed by atoms with E-state index in [2.05, 4.69) is 39.7 Å². The van der Waals surface area contributed by atoms with E-state index >= 15 is 0 Å². The van der Waals surface area contributed by atoms with Gasteiger partial charge in [0.05, 0.1) is 30.5 Å². The third-order valence-electron chi connectivity index (χ3n) is 7.49. The van der Waals surface area contributed by atoms with E-state index in [9.17, 15) is 4.79 Å². The fourth-order valence-electron chi connectivity index (χ4n) is 5.45. The van der Waals surface area contributed by atoms with Gasteiger partial charge < -0.3 is 15.8 Å². The van der Waals surface area contributed by atoms with Gasteiger partial charge in [0.2, 0.25) is 0 Å². The van der Waals surface area contributed by atoms with Gasteiger partial charge in [-0.05, 0) is 55.2 Å². The monoisotopic (exact) mass is 473 g/mol. The van der Waals surface area contributed by atoms with Crippen LogP contribution in [0.4, 0.5) is 5.82 Å². The van der Waals surface area contributed by atoms with Crippen molar-refractivity contribution in [1.29, 1.82) is 0 Å². The van der Waals surface area contributed by atoms with Crippen molar-refractivity contribution in [3.8, 4) is 11.1 Å². The van der Waals surface area contributed by atoms with E-state index in [-0.39, 0.29) is 23.9 Å². The number of carbonyl (C=O) groups excluding carboxylic acids is 1. The summed E-state index contributed by atoms with van der Waals surface area (Å²) in [6.07, 6.45) is 14.8. The second-order valence-corrected chi connectivity index (χ2v) is 10.00. The van der Waals surface area contributed by atoms with Gasteiger partial charge in [0.25, 0.3) is 5.91 Å². The number of nitrogens with one attached hydrogen (secondary N) is 1. The summed E-state index contributed by atoms with van der Waals surface area (Å²) in [5, 5.41) is 7.35. The average Bonchev–Trinajstić information content (AvgIpc) is 3.52. The summed E-state index contributed by atoms with van der Waals surface area (Å²) < 4.78 is 7.99. The zero-order chi connectivity index (χ0) is 24.2. The maximum absolute atomic E-state index is 13.1. The van der Waals surface area contributed by atoms with Crippen LogP contribution in [0.3, 0.4) is 0 Å². The molecule has 0 radical (unpaired) electrons. The molecule has 2 aliphatic rings. The van der Waals surface area contributed by atoms with Gasteiger partial charge in [-0.3, -0.25) is 9.48 Å². The van der Waals surface area contributed by atoms with Crippen LogP contribution in [-0.4, -0.2) is 32.8 Å². The summed E-state index contributed by atoms with van der Waals surface area (Å²) in [5.74, 6) is 0.730. The van der Waals surface area contributed by atoms with E-state index in [4.69, 9.17) is 10.5 Å². The standard InChI is InChI=1S/C28H35N5O2/c1-33-17-23(16-31-33)22-14-24(27(29)30-15-22)28(34)32-25-8-5-9-26(25)35-18-19-10-12-21(13-11-19)20-6-3-2-4-7-20/h10-17,20,25-26H,2-9,18H2,1H3,(H2,29,30)(H,32,34)/t25?,26-/m0/s1. The number of aryl methyl sites for hydroxylation is 1. The zero-order valence-corrected chi connectivity index (χ0v) is 20.5. The number of ether oxygens (including phenoxy) is 1. The quantitative estimate of drug-likeness (QED) is 0.505. The van der Waals surface area contributed by atoms with Gasteiger partial charge in [-0.2, -0.15) is 5.10 Å². The van der Waals surface area contributed by atoms with Crippen LogP contribution in [0.25, 0.3) is 11.1 Å². The minimum absolute atomic E-state index is 0.00680. The SMILES string of the molecule is Cn1cc(-c2cnc(N)c(C(=O)NC3CCC[C@@H]3OCc3ccc(C4CCCCC4)cc3)c2)cn1. The molecule has 3 N–H and O–H groups in total. The van der Waals surface area contributed by atoms with E-state index in [0.29, 0.717) is 18.1 Å². The molecule has 2 saturated carbocycles. The van der Waals surface area contributed by atoms with Crippen LogP contribution in [0, 0.1) is 0 Å². The highest BCUT2D eigenvalue weighted by atomic mass is 16.5. The normalized spacial score (nSPS) is 20.7. The summed E-state index contributed by atoms with van der Waals surface area (Å²) in [4.78, 5) is 17.4. The molecule has 2 atom stereocenters. The Hall–Kier alpha value is -3.19. The van der Waals surface area contributed by atoms with Gasteiger partial charge in [0, 0.05) is 30.6 Å². The van der Waals surface area contributed by atoms with E-state index in [1.165, 1.54) is 43.2 Å². The molecule has 2 fully saturated rings. The molecule has 5 rings (SSSR count). The van der Waals surface area contributed by atoms with Crippen LogP contribution >= 0.6 is 0 Å². The van der Waals surface area contributed by atoms with Gasteiger partial charge in [-0.25, -0.2) is 4.98 Å². The number of nitrogens with zero attached hydrogens (tertiary/aromatic N) is 3. The van der Waals surface area contributed by atoms with Gasteiger partial charge in [-0.1, -0.05) is 43.5 Å². The summed E-state index contributed by atoms with van der Waals surface area (Å²) in [6.45, 7) is 0.558. The highest BCUT2D eigenvalue weighted by Crippen LogP contribution is 2.33. The Morgan fingerprint density at radius 2 is 1.86 bits per heavy atom. The summed E-state index contributed by atoms with van der Waals surface area (Å²) in [7, 11) is 1.85. The summed E-state index contributed by atoms with van der Waals surface area (Å²) in [5.41, 5.74) is 10.8. The minimum Gasteiger partial charge on any atom is -0.383 e. The molecule has 7 nitrogen and oxygen atoms in total. The molecule has 0 saturated heterocycles. The van der Waals surface area contributed by atoms with Crippen molar-refractivity contribution in [1.82, 2.24) is 20.1 Å². The first-order chi connectivity index (χ1) is 17.1. The van der Waals surface area contributed by atoms with Crippen molar-refractivity contribution in [3.05, 3.63) is 65.6 Å². The van der Waals surface area contributed by atoms with Crippen LogP contribution in [-0.2, 0) is 18.4 Å². The molecule has 1 unspecified atom stereocenters. The van der Waals surface area contributed by atoms with Gasteiger partial charge >= 0.3 is 0 Å². The molecular formula is C28H35N5O2. The zero-order valence-electron chi connectivity index (χ0n) is 20.5. The maximum atomic E-state index is 13.1. The van der Waals surface area contributed by atoms with Crippen molar-refractivity contribution in [3.63, 3.8) is 0 Å². The lowest BCUT2D eigenvalue weighted by Gasteiger charge is -2.23. The van der Waals surface area contributed by atoms with Crippen molar-refractivity contribution < 1.29 is 9.53 Å². The Bertz CT molecular complexity index is 1150. The van der Waals surface area contributed by atoms with Crippen LogP contribution in [0.2, 0.25) is 0 Å². The molecule has 2 aromatic heterocycles.